The largest absolute Gasteiger partial charge is 0.355 e. The highest BCUT2D eigenvalue weighted by Crippen LogP contribution is 2.21. The van der Waals surface area contributed by atoms with E-state index in [0.717, 1.165) is 16.9 Å². The zero-order chi connectivity index (χ0) is 19.2. The van der Waals surface area contributed by atoms with Crippen LogP contribution in [0.15, 0.2) is 48.5 Å². The summed E-state index contributed by atoms with van der Waals surface area (Å²) in [6.07, 6.45) is 0.761. The van der Waals surface area contributed by atoms with Gasteiger partial charge in [-0.05, 0) is 36.1 Å². The second kappa shape index (κ2) is 9.11. The summed E-state index contributed by atoms with van der Waals surface area (Å²) < 4.78 is 1.19. The average molecular weight is 382 g/mol. The first kappa shape index (κ1) is 19.5. The SMILES string of the molecule is CC(C)c1ccc(C(C)NCC(=O)NCCc2nc3ccccc3s2)cc1. The topological polar surface area (TPSA) is 54.0 Å². The van der Waals surface area contributed by atoms with E-state index in [4.69, 9.17) is 0 Å². The number of benzene rings is 2. The molecule has 4 nitrogen and oxygen atoms in total. The monoisotopic (exact) mass is 381 g/mol. The molecule has 1 atom stereocenters. The highest BCUT2D eigenvalue weighted by atomic mass is 32.1. The number of nitrogens with zero attached hydrogens (tertiary/aromatic N) is 1. The number of amides is 1. The van der Waals surface area contributed by atoms with Gasteiger partial charge in [0.2, 0.25) is 5.91 Å². The Bertz CT molecular complexity index is 853. The molecule has 0 saturated heterocycles. The second-order valence-electron chi connectivity index (χ2n) is 7.10. The van der Waals surface area contributed by atoms with E-state index in [1.54, 1.807) is 11.3 Å². The van der Waals surface area contributed by atoms with Crippen molar-refractivity contribution in [1.29, 1.82) is 0 Å². The van der Waals surface area contributed by atoms with Gasteiger partial charge in [0, 0.05) is 19.0 Å². The van der Waals surface area contributed by atoms with Crippen molar-refractivity contribution < 1.29 is 4.79 Å². The number of rotatable bonds is 8. The van der Waals surface area contributed by atoms with Crippen LogP contribution in [0.1, 0.15) is 48.9 Å². The van der Waals surface area contributed by atoms with E-state index in [1.807, 2.05) is 18.2 Å². The fourth-order valence-corrected chi connectivity index (χ4v) is 3.90. The number of thiazole rings is 1. The molecule has 1 unspecified atom stereocenters. The summed E-state index contributed by atoms with van der Waals surface area (Å²) in [6, 6.07) is 16.9. The fourth-order valence-electron chi connectivity index (χ4n) is 2.93. The fraction of sp³-hybridized carbons (Fsp3) is 0.364. The Labute approximate surface area is 165 Å². The van der Waals surface area contributed by atoms with Crippen molar-refractivity contribution in [2.45, 2.75) is 39.2 Å². The maximum atomic E-state index is 12.1. The van der Waals surface area contributed by atoms with Crippen molar-refractivity contribution in [3.8, 4) is 0 Å². The number of aromatic nitrogens is 1. The molecule has 1 heterocycles. The third-order valence-corrected chi connectivity index (χ3v) is 5.77. The van der Waals surface area contributed by atoms with E-state index in [2.05, 4.69) is 66.7 Å². The van der Waals surface area contributed by atoms with Gasteiger partial charge in [-0.2, -0.15) is 0 Å². The Morgan fingerprint density at radius 3 is 2.44 bits per heavy atom. The Morgan fingerprint density at radius 2 is 1.74 bits per heavy atom. The average Bonchev–Trinajstić information content (AvgIpc) is 3.09. The molecule has 0 aliphatic heterocycles. The molecule has 0 bridgehead atoms. The number of nitrogens with one attached hydrogen (secondary N) is 2. The van der Waals surface area contributed by atoms with Gasteiger partial charge in [0.05, 0.1) is 21.8 Å². The van der Waals surface area contributed by atoms with Crippen molar-refractivity contribution in [3.63, 3.8) is 0 Å². The lowest BCUT2D eigenvalue weighted by Gasteiger charge is -2.15. The quantitative estimate of drug-likeness (QED) is 0.607. The number of fused-ring (bicyclic) bond motifs is 1. The Hall–Kier alpha value is -2.24. The van der Waals surface area contributed by atoms with Crippen LogP contribution in [-0.2, 0) is 11.2 Å². The molecule has 0 radical (unpaired) electrons. The summed E-state index contributed by atoms with van der Waals surface area (Å²) in [5.74, 6) is 0.547. The van der Waals surface area contributed by atoms with Gasteiger partial charge in [-0.1, -0.05) is 50.2 Å². The van der Waals surface area contributed by atoms with Crippen molar-refractivity contribution in [2.24, 2.45) is 0 Å². The van der Waals surface area contributed by atoms with E-state index in [9.17, 15) is 4.79 Å². The lowest BCUT2D eigenvalue weighted by molar-refractivity contribution is -0.120. The van der Waals surface area contributed by atoms with Crippen LogP contribution < -0.4 is 10.6 Å². The summed E-state index contributed by atoms with van der Waals surface area (Å²) in [4.78, 5) is 16.7. The maximum Gasteiger partial charge on any atom is 0.233 e. The highest BCUT2D eigenvalue weighted by Gasteiger charge is 2.09. The lowest BCUT2D eigenvalue weighted by Crippen LogP contribution is -2.36. The van der Waals surface area contributed by atoms with Gasteiger partial charge in [-0.25, -0.2) is 4.98 Å². The number of hydrogen-bond acceptors (Lipinski definition) is 4. The molecule has 2 aromatic carbocycles. The Morgan fingerprint density at radius 1 is 1.04 bits per heavy atom. The van der Waals surface area contributed by atoms with Crippen molar-refractivity contribution in [1.82, 2.24) is 15.6 Å². The van der Waals surface area contributed by atoms with Crippen LogP contribution in [0.2, 0.25) is 0 Å². The van der Waals surface area contributed by atoms with E-state index in [-0.39, 0.29) is 11.9 Å². The van der Waals surface area contributed by atoms with Gasteiger partial charge in [-0.15, -0.1) is 11.3 Å². The Kier molecular flexibility index (Phi) is 6.58. The first-order valence-corrected chi connectivity index (χ1v) is 10.3. The molecular formula is C22H27N3OS. The molecule has 0 fully saturated rings. The smallest absolute Gasteiger partial charge is 0.233 e. The zero-order valence-corrected chi connectivity index (χ0v) is 17.0. The van der Waals surface area contributed by atoms with Crippen molar-refractivity contribution >= 4 is 27.5 Å². The van der Waals surface area contributed by atoms with Gasteiger partial charge in [0.25, 0.3) is 0 Å². The molecule has 0 aliphatic carbocycles. The molecule has 27 heavy (non-hydrogen) atoms. The molecular weight excluding hydrogens is 354 g/mol. The predicted molar refractivity (Wildman–Crippen MR) is 113 cm³/mol. The van der Waals surface area contributed by atoms with Crippen molar-refractivity contribution in [3.05, 3.63) is 64.7 Å². The summed E-state index contributed by atoms with van der Waals surface area (Å²) in [6.45, 7) is 7.38. The van der Waals surface area contributed by atoms with E-state index < -0.39 is 0 Å². The van der Waals surface area contributed by atoms with E-state index >= 15 is 0 Å². The van der Waals surface area contributed by atoms with Crippen LogP contribution in [0.3, 0.4) is 0 Å². The van der Waals surface area contributed by atoms with Gasteiger partial charge in [0.15, 0.2) is 0 Å². The van der Waals surface area contributed by atoms with Crippen LogP contribution in [-0.4, -0.2) is 24.0 Å². The number of carbonyl (C=O) groups excluding carboxylic acids is 1. The lowest BCUT2D eigenvalue weighted by atomic mass is 9.99. The maximum absolute atomic E-state index is 12.1. The standard InChI is InChI=1S/C22H27N3OS/c1-15(2)17-8-10-18(11-9-17)16(3)24-14-21(26)23-13-12-22-25-19-6-4-5-7-20(19)27-22/h4-11,15-16,24H,12-14H2,1-3H3,(H,23,26). The molecule has 0 saturated carbocycles. The summed E-state index contributed by atoms with van der Waals surface area (Å²) in [5.41, 5.74) is 3.56. The minimum absolute atomic E-state index is 0.0155. The van der Waals surface area contributed by atoms with Gasteiger partial charge in [0.1, 0.15) is 0 Å². The molecule has 5 heteroatoms. The molecule has 0 aliphatic rings. The molecule has 1 aromatic heterocycles. The van der Waals surface area contributed by atoms with Crippen LogP contribution in [0, 0.1) is 0 Å². The van der Waals surface area contributed by atoms with Crippen LogP contribution in [0.25, 0.3) is 10.2 Å². The van der Waals surface area contributed by atoms with Gasteiger partial charge in [-0.3, -0.25) is 4.79 Å². The third kappa shape index (κ3) is 5.37. The van der Waals surface area contributed by atoms with Crippen LogP contribution >= 0.6 is 11.3 Å². The highest BCUT2D eigenvalue weighted by molar-refractivity contribution is 7.18. The molecule has 0 spiro atoms. The molecule has 3 aromatic rings. The summed E-state index contributed by atoms with van der Waals surface area (Å²) >= 11 is 1.69. The van der Waals surface area contributed by atoms with E-state index in [0.29, 0.717) is 19.0 Å². The van der Waals surface area contributed by atoms with Gasteiger partial charge < -0.3 is 10.6 Å². The number of carbonyl (C=O) groups is 1. The third-order valence-electron chi connectivity index (χ3n) is 4.67. The normalized spacial score (nSPS) is 12.4. The van der Waals surface area contributed by atoms with E-state index in [1.165, 1.54) is 15.8 Å². The zero-order valence-electron chi connectivity index (χ0n) is 16.2. The van der Waals surface area contributed by atoms with Crippen LogP contribution in [0.5, 0.6) is 0 Å². The van der Waals surface area contributed by atoms with Crippen molar-refractivity contribution in [2.75, 3.05) is 13.1 Å². The minimum atomic E-state index is 0.0155. The number of hydrogen-bond donors (Lipinski definition) is 2. The van der Waals surface area contributed by atoms with Gasteiger partial charge >= 0.3 is 0 Å². The predicted octanol–water partition coefficient (Wildman–Crippen LogP) is 4.43. The minimum Gasteiger partial charge on any atom is -0.355 e. The molecule has 1 amide bonds. The Balaban J connectivity index is 1.41. The molecule has 2 N–H and O–H groups in total. The summed E-state index contributed by atoms with van der Waals surface area (Å²) in [7, 11) is 0. The summed E-state index contributed by atoms with van der Waals surface area (Å²) in [5, 5.41) is 7.32. The first-order chi connectivity index (χ1) is 13.0. The van der Waals surface area contributed by atoms with Crippen LogP contribution in [0.4, 0.5) is 0 Å². The number of para-hydroxylation sites is 1. The second-order valence-corrected chi connectivity index (χ2v) is 8.21. The molecule has 142 valence electrons. The first-order valence-electron chi connectivity index (χ1n) is 9.47. The molecule has 3 rings (SSSR count).